The Labute approximate surface area is 158 Å². The Morgan fingerprint density at radius 3 is 2.85 bits per heavy atom. The highest BCUT2D eigenvalue weighted by Gasteiger charge is 2.15. The second-order valence-corrected chi connectivity index (χ2v) is 7.86. The number of carbonyl (C=O) groups is 1. The number of rotatable bonds is 7. The Balaban J connectivity index is 1.82. The van der Waals surface area contributed by atoms with Gasteiger partial charge in [0.05, 0.1) is 16.8 Å². The highest BCUT2D eigenvalue weighted by molar-refractivity contribution is 7.99. The van der Waals surface area contributed by atoms with Gasteiger partial charge in [-0.2, -0.15) is 0 Å². The van der Waals surface area contributed by atoms with Crippen molar-refractivity contribution in [2.24, 2.45) is 0 Å². The number of aromatic nitrogens is 3. The number of carbonyl (C=O) groups excluding carboxylic acids is 1. The van der Waals surface area contributed by atoms with Crippen molar-refractivity contribution in [3.63, 3.8) is 0 Å². The van der Waals surface area contributed by atoms with Gasteiger partial charge in [-0.05, 0) is 25.8 Å². The van der Waals surface area contributed by atoms with Crippen molar-refractivity contribution in [1.82, 2.24) is 14.7 Å². The van der Waals surface area contributed by atoms with Gasteiger partial charge >= 0.3 is 0 Å². The molecule has 0 atom stereocenters. The Hall–Kier alpha value is -2.13. The fraction of sp³-hybridized carbons (Fsp3) is 0.412. The van der Waals surface area contributed by atoms with Crippen molar-refractivity contribution < 1.29 is 9.32 Å². The van der Waals surface area contributed by atoms with E-state index in [0.717, 1.165) is 22.5 Å². The summed E-state index contributed by atoms with van der Waals surface area (Å²) < 4.78 is 6.64. The molecule has 7 nitrogen and oxygen atoms in total. The highest BCUT2D eigenvalue weighted by atomic mass is 32.2. The standard InChI is InChI=1S/C17H20N4O3S2/c1-4-6-21-16(23)12-8-11(5-2)26-15(12)19-17(21)25-9-13(22)18-14-7-10(3)20-24-14/h7-8H,4-6,9H2,1-3H3,(H,18,22). The number of aryl methyl sites for hydroxylation is 2. The molecule has 1 amide bonds. The van der Waals surface area contributed by atoms with Crippen LogP contribution in [-0.4, -0.2) is 26.4 Å². The Morgan fingerprint density at radius 2 is 2.19 bits per heavy atom. The number of fused-ring (bicyclic) bond motifs is 1. The third-order valence-electron chi connectivity index (χ3n) is 3.69. The maximum Gasteiger partial charge on any atom is 0.262 e. The van der Waals surface area contributed by atoms with E-state index < -0.39 is 0 Å². The van der Waals surface area contributed by atoms with E-state index in [0.29, 0.717) is 28.7 Å². The number of amides is 1. The monoisotopic (exact) mass is 392 g/mol. The number of hydrogen-bond donors (Lipinski definition) is 1. The molecule has 0 radical (unpaired) electrons. The summed E-state index contributed by atoms with van der Waals surface area (Å²) in [5, 5.41) is 7.60. The summed E-state index contributed by atoms with van der Waals surface area (Å²) in [6.07, 6.45) is 1.69. The average molecular weight is 393 g/mol. The lowest BCUT2D eigenvalue weighted by Gasteiger charge is -2.10. The summed E-state index contributed by atoms with van der Waals surface area (Å²) in [5.74, 6) is 0.213. The van der Waals surface area contributed by atoms with Gasteiger partial charge in [0.2, 0.25) is 11.8 Å². The van der Waals surface area contributed by atoms with Crippen molar-refractivity contribution in [3.8, 4) is 0 Å². The zero-order chi connectivity index (χ0) is 18.7. The summed E-state index contributed by atoms with van der Waals surface area (Å²) in [6.45, 7) is 6.42. The summed E-state index contributed by atoms with van der Waals surface area (Å²) in [5.41, 5.74) is 0.655. The summed E-state index contributed by atoms with van der Waals surface area (Å²) in [4.78, 5) is 31.4. The van der Waals surface area contributed by atoms with Crippen LogP contribution in [0.2, 0.25) is 0 Å². The van der Waals surface area contributed by atoms with Crippen LogP contribution >= 0.6 is 23.1 Å². The van der Waals surface area contributed by atoms with Gasteiger partial charge in [-0.1, -0.05) is 30.8 Å². The first kappa shape index (κ1) is 18.7. The van der Waals surface area contributed by atoms with Crippen LogP contribution in [0.15, 0.2) is 26.6 Å². The lowest BCUT2D eigenvalue weighted by Crippen LogP contribution is -2.23. The van der Waals surface area contributed by atoms with Crippen molar-refractivity contribution in [3.05, 3.63) is 33.1 Å². The molecule has 9 heteroatoms. The Morgan fingerprint density at radius 1 is 1.38 bits per heavy atom. The SMILES string of the molecule is CCCn1c(SCC(=O)Nc2cc(C)no2)nc2sc(CC)cc2c1=O. The molecule has 0 spiro atoms. The number of hydrogen-bond acceptors (Lipinski definition) is 7. The van der Waals surface area contributed by atoms with Crippen LogP contribution in [0.3, 0.4) is 0 Å². The van der Waals surface area contributed by atoms with Crippen molar-refractivity contribution in [2.45, 2.75) is 45.3 Å². The summed E-state index contributed by atoms with van der Waals surface area (Å²) >= 11 is 2.78. The second kappa shape index (κ2) is 8.05. The third-order valence-corrected chi connectivity index (χ3v) is 5.84. The van der Waals surface area contributed by atoms with Gasteiger partial charge in [-0.25, -0.2) is 4.98 Å². The summed E-state index contributed by atoms with van der Waals surface area (Å²) in [7, 11) is 0. The van der Waals surface area contributed by atoms with Gasteiger partial charge in [0.15, 0.2) is 5.16 Å². The molecule has 3 rings (SSSR count). The largest absolute Gasteiger partial charge is 0.338 e. The maximum absolute atomic E-state index is 12.8. The fourth-order valence-corrected chi connectivity index (χ4v) is 4.31. The van der Waals surface area contributed by atoms with E-state index in [4.69, 9.17) is 4.52 Å². The van der Waals surface area contributed by atoms with E-state index >= 15 is 0 Å². The molecule has 1 N–H and O–H groups in total. The molecule has 0 saturated carbocycles. The number of nitrogens with one attached hydrogen (secondary N) is 1. The van der Waals surface area contributed by atoms with Crippen LogP contribution in [0.4, 0.5) is 5.88 Å². The molecule has 0 fully saturated rings. The van der Waals surface area contributed by atoms with Crippen LogP contribution in [0.5, 0.6) is 0 Å². The average Bonchev–Trinajstić information content (AvgIpc) is 3.22. The molecule has 0 saturated heterocycles. The molecule has 3 aromatic rings. The predicted octanol–water partition coefficient (Wildman–Crippen LogP) is 3.46. The molecular weight excluding hydrogens is 372 g/mol. The molecule has 0 aliphatic rings. The Bertz CT molecular complexity index is 990. The van der Waals surface area contributed by atoms with Crippen molar-refractivity contribution >= 4 is 45.1 Å². The number of thioether (sulfide) groups is 1. The van der Waals surface area contributed by atoms with Crippen LogP contribution in [-0.2, 0) is 17.8 Å². The topological polar surface area (TPSA) is 90.0 Å². The van der Waals surface area contributed by atoms with Gasteiger partial charge in [0.1, 0.15) is 4.83 Å². The smallest absolute Gasteiger partial charge is 0.262 e. The van der Waals surface area contributed by atoms with Crippen LogP contribution in [0.25, 0.3) is 10.2 Å². The lowest BCUT2D eigenvalue weighted by molar-refractivity contribution is -0.113. The van der Waals surface area contributed by atoms with E-state index in [1.165, 1.54) is 23.1 Å². The highest BCUT2D eigenvalue weighted by Crippen LogP contribution is 2.25. The van der Waals surface area contributed by atoms with Gasteiger partial charge in [0, 0.05) is 17.5 Å². The van der Waals surface area contributed by atoms with Gasteiger partial charge < -0.3 is 4.52 Å². The number of nitrogens with zero attached hydrogens (tertiary/aromatic N) is 3. The molecular formula is C17H20N4O3S2. The van der Waals surface area contributed by atoms with E-state index in [-0.39, 0.29) is 17.2 Å². The van der Waals surface area contributed by atoms with Crippen LogP contribution in [0.1, 0.15) is 30.8 Å². The molecule has 3 heterocycles. The molecule has 3 aromatic heterocycles. The van der Waals surface area contributed by atoms with Gasteiger partial charge in [-0.15, -0.1) is 11.3 Å². The minimum absolute atomic E-state index is 0.0402. The predicted molar refractivity (Wildman–Crippen MR) is 104 cm³/mol. The molecule has 0 unspecified atom stereocenters. The molecule has 26 heavy (non-hydrogen) atoms. The zero-order valence-corrected chi connectivity index (χ0v) is 16.5. The number of anilines is 1. The quantitative estimate of drug-likeness (QED) is 0.489. The van der Waals surface area contributed by atoms with Gasteiger partial charge in [-0.3, -0.25) is 19.5 Å². The zero-order valence-electron chi connectivity index (χ0n) is 14.9. The van der Waals surface area contributed by atoms with E-state index in [1.54, 1.807) is 17.6 Å². The normalized spacial score (nSPS) is 11.2. The minimum Gasteiger partial charge on any atom is -0.338 e. The van der Waals surface area contributed by atoms with Crippen molar-refractivity contribution in [1.29, 1.82) is 0 Å². The van der Waals surface area contributed by atoms with E-state index in [2.05, 4.69) is 22.4 Å². The number of thiophene rings is 1. The molecule has 0 aromatic carbocycles. The first-order chi connectivity index (χ1) is 12.5. The van der Waals surface area contributed by atoms with Crippen molar-refractivity contribution in [2.75, 3.05) is 11.1 Å². The lowest BCUT2D eigenvalue weighted by atomic mass is 10.3. The Kier molecular flexibility index (Phi) is 5.77. The maximum atomic E-state index is 12.8. The molecule has 0 aliphatic carbocycles. The molecule has 0 aliphatic heterocycles. The van der Waals surface area contributed by atoms with E-state index in [1.807, 2.05) is 13.0 Å². The molecule has 138 valence electrons. The first-order valence-corrected chi connectivity index (χ1v) is 10.2. The minimum atomic E-state index is -0.232. The van der Waals surface area contributed by atoms with Gasteiger partial charge in [0.25, 0.3) is 5.56 Å². The second-order valence-electron chi connectivity index (χ2n) is 5.81. The molecule has 0 bridgehead atoms. The third kappa shape index (κ3) is 3.99. The van der Waals surface area contributed by atoms with Crippen LogP contribution in [0, 0.1) is 6.92 Å². The van der Waals surface area contributed by atoms with Crippen LogP contribution < -0.4 is 10.9 Å². The summed E-state index contributed by atoms with van der Waals surface area (Å²) in [6, 6.07) is 3.58. The van der Waals surface area contributed by atoms with E-state index in [9.17, 15) is 9.59 Å². The fourth-order valence-electron chi connectivity index (χ4n) is 2.48. The first-order valence-electron chi connectivity index (χ1n) is 8.41.